The molecule has 0 unspecified atom stereocenters. The lowest BCUT2D eigenvalue weighted by molar-refractivity contribution is 0.0696. The maximum atomic E-state index is 13.0. The zero-order valence-corrected chi connectivity index (χ0v) is 11.1. The van der Waals surface area contributed by atoms with Gasteiger partial charge in [0, 0.05) is 18.7 Å². The summed E-state index contributed by atoms with van der Waals surface area (Å²) in [5.74, 6) is -1.31. The molecule has 1 aliphatic heterocycles. The fourth-order valence-electron chi connectivity index (χ4n) is 2.26. The molecule has 3 rings (SSSR count). The van der Waals surface area contributed by atoms with E-state index in [0.717, 1.165) is 0 Å². The summed E-state index contributed by atoms with van der Waals surface area (Å²) in [5.41, 5.74) is 0.685. The molecule has 6 nitrogen and oxygen atoms in total. The second-order valence-electron chi connectivity index (χ2n) is 4.62. The van der Waals surface area contributed by atoms with Gasteiger partial charge in [-0.15, -0.1) is 0 Å². The minimum atomic E-state index is -1.13. The SMILES string of the molecule is O=C(O)c1c(-c2ccc(F)cc2)noc1N1CCOCC1. The number of halogens is 1. The lowest BCUT2D eigenvalue weighted by atomic mass is 10.1. The van der Waals surface area contributed by atoms with Gasteiger partial charge >= 0.3 is 5.97 Å². The van der Waals surface area contributed by atoms with E-state index in [1.54, 1.807) is 4.90 Å². The molecule has 1 N–H and O–H groups in total. The van der Waals surface area contributed by atoms with Gasteiger partial charge in [0.25, 0.3) is 0 Å². The second kappa shape index (κ2) is 5.53. The number of hydrogen-bond acceptors (Lipinski definition) is 5. The molecule has 0 atom stereocenters. The van der Waals surface area contributed by atoms with Gasteiger partial charge in [-0.3, -0.25) is 0 Å². The summed E-state index contributed by atoms with van der Waals surface area (Å²) in [7, 11) is 0. The third-order valence-corrected chi connectivity index (χ3v) is 3.30. The molecule has 0 bridgehead atoms. The van der Waals surface area contributed by atoms with E-state index in [1.807, 2.05) is 0 Å². The minimum Gasteiger partial charge on any atom is -0.477 e. The third-order valence-electron chi connectivity index (χ3n) is 3.30. The molecular formula is C14H13FN2O4. The number of ether oxygens (including phenoxy) is 1. The Bertz CT molecular complexity index is 647. The summed E-state index contributed by atoms with van der Waals surface area (Å²) in [6.07, 6.45) is 0. The van der Waals surface area contributed by atoms with E-state index < -0.39 is 11.8 Å². The molecule has 7 heteroatoms. The van der Waals surface area contributed by atoms with Crippen LogP contribution < -0.4 is 4.90 Å². The predicted molar refractivity (Wildman–Crippen MR) is 71.9 cm³/mol. The summed E-state index contributed by atoms with van der Waals surface area (Å²) in [6.45, 7) is 2.09. The normalized spacial score (nSPS) is 15.2. The number of carboxylic acid groups (broad SMARTS) is 1. The lowest BCUT2D eigenvalue weighted by Gasteiger charge is -2.26. The van der Waals surface area contributed by atoms with Crippen molar-refractivity contribution in [3.63, 3.8) is 0 Å². The molecule has 1 aliphatic rings. The van der Waals surface area contributed by atoms with Crippen LogP contribution >= 0.6 is 0 Å². The molecule has 1 saturated heterocycles. The first-order valence-electron chi connectivity index (χ1n) is 6.48. The molecule has 1 aromatic carbocycles. The van der Waals surface area contributed by atoms with Crippen LogP contribution in [0.5, 0.6) is 0 Å². The molecule has 2 heterocycles. The summed E-state index contributed by atoms with van der Waals surface area (Å²) >= 11 is 0. The quantitative estimate of drug-likeness (QED) is 0.932. The summed E-state index contributed by atoms with van der Waals surface area (Å²) < 4.78 is 23.4. The molecule has 110 valence electrons. The Morgan fingerprint density at radius 2 is 1.90 bits per heavy atom. The molecule has 0 aliphatic carbocycles. The van der Waals surface area contributed by atoms with Crippen molar-refractivity contribution >= 4 is 11.9 Å². The van der Waals surface area contributed by atoms with Gasteiger partial charge in [-0.2, -0.15) is 0 Å². The first kappa shape index (κ1) is 13.6. The highest BCUT2D eigenvalue weighted by Crippen LogP contribution is 2.31. The van der Waals surface area contributed by atoms with Crippen LogP contribution in [-0.4, -0.2) is 42.5 Å². The Morgan fingerprint density at radius 1 is 1.24 bits per heavy atom. The van der Waals surface area contributed by atoms with Gasteiger partial charge in [-0.1, -0.05) is 5.16 Å². The van der Waals surface area contributed by atoms with Gasteiger partial charge < -0.3 is 19.3 Å². The van der Waals surface area contributed by atoms with Gasteiger partial charge in [0.05, 0.1) is 13.2 Å². The Morgan fingerprint density at radius 3 is 2.52 bits per heavy atom. The number of morpholine rings is 1. The highest BCUT2D eigenvalue weighted by molar-refractivity contribution is 5.99. The molecule has 1 fully saturated rings. The fraction of sp³-hybridized carbons (Fsp3) is 0.286. The van der Waals surface area contributed by atoms with E-state index in [-0.39, 0.29) is 17.1 Å². The largest absolute Gasteiger partial charge is 0.477 e. The number of nitrogens with zero attached hydrogens (tertiary/aromatic N) is 2. The van der Waals surface area contributed by atoms with E-state index in [9.17, 15) is 14.3 Å². The molecule has 0 spiro atoms. The van der Waals surface area contributed by atoms with Crippen molar-refractivity contribution in [3.8, 4) is 11.3 Å². The molecule has 21 heavy (non-hydrogen) atoms. The van der Waals surface area contributed by atoms with Crippen molar-refractivity contribution < 1.29 is 23.6 Å². The Hall–Kier alpha value is -2.41. The fourth-order valence-corrected chi connectivity index (χ4v) is 2.26. The van der Waals surface area contributed by atoms with Crippen molar-refractivity contribution in [2.75, 3.05) is 31.2 Å². The van der Waals surface area contributed by atoms with E-state index in [2.05, 4.69) is 5.16 Å². The Kier molecular flexibility index (Phi) is 3.57. The standard InChI is InChI=1S/C14H13FN2O4/c15-10-3-1-9(2-4-10)12-11(14(18)19)13(21-16-12)17-5-7-20-8-6-17/h1-4H,5-8H2,(H,18,19). The molecule has 0 saturated carbocycles. The zero-order valence-electron chi connectivity index (χ0n) is 11.1. The molecular weight excluding hydrogens is 279 g/mol. The van der Waals surface area contributed by atoms with Crippen LogP contribution in [0.15, 0.2) is 28.8 Å². The van der Waals surface area contributed by atoms with Gasteiger partial charge in [-0.25, -0.2) is 9.18 Å². The van der Waals surface area contributed by atoms with Crippen LogP contribution in [0, 0.1) is 5.82 Å². The average Bonchev–Trinajstić information content (AvgIpc) is 2.94. The predicted octanol–water partition coefficient (Wildman–Crippen LogP) is 2.02. The first-order chi connectivity index (χ1) is 10.2. The van der Waals surface area contributed by atoms with Crippen LogP contribution in [0.25, 0.3) is 11.3 Å². The zero-order chi connectivity index (χ0) is 14.8. The van der Waals surface area contributed by atoms with Gasteiger partial charge in [0.2, 0.25) is 5.88 Å². The van der Waals surface area contributed by atoms with E-state index in [0.29, 0.717) is 31.9 Å². The van der Waals surface area contributed by atoms with Crippen molar-refractivity contribution in [1.82, 2.24) is 5.16 Å². The topological polar surface area (TPSA) is 75.8 Å². The lowest BCUT2D eigenvalue weighted by Crippen LogP contribution is -2.36. The van der Waals surface area contributed by atoms with E-state index in [4.69, 9.17) is 9.26 Å². The minimum absolute atomic E-state index is 0.0106. The molecule has 2 aromatic rings. The average molecular weight is 292 g/mol. The van der Waals surface area contributed by atoms with Crippen molar-refractivity contribution in [1.29, 1.82) is 0 Å². The molecule has 1 aromatic heterocycles. The number of carboxylic acids is 1. The van der Waals surface area contributed by atoms with Crippen LogP contribution in [0.3, 0.4) is 0 Å². The number of benzene rings is 1. The van der Waals surface area contributed by atoms with E-state index >= 15 is 0 Å². The maximum absolute atomic E-state index is 13.0. The Labute approximate surface area is 119 Å². The van der Waals surface area contributed by atoms with E-state index in [1.165, 1.54) is 24.3 Å². The highest BCUT2D eigenvalue weighted by atomic mass is 19.1. The molecule has 0 radical (unpaired) electrons. The van der Waals surface area contributed by atoms with Crippen LogP contribution in [0.2, 0.25) is 0 Å². The summed E-state index contributed by atoms with van der Waals surface area (Å²) in [5, 5.41) is 13.3. The van der Waals surface area contributed by atoms with Gasteiger partial charge in [-0.05, 0) is 24.3 Å². The van der Waals surface area contributed by atoms with Crippen LogP contribution in [0.4, 0.5) is 10.3 Å². The van der Waals surface area contributed by atoms with Crippen LogP contribution in [0.1, 0.15) is 10.4 Å². The van der Waals surface area contributed by atoms with Crippen molar-refractivity contribution in [2.24, 2.45) is 0 Å². The monoisotopic (exact) mass is 292 g/mol. The highest BCUT2D eigenvalue weighted by Gasteiger charge is 2.28. The van der Waals surface area contributed by atoms with Crippen LogP contribution in [-0.2, 0) is 4.74 Å². The molecule has 0 amide bonds. The number of anilines is 1. The van der Waals surface area contributed by atoms with Crippen molar-refractivity contribution in [3.05, 3.63) is 35.6 Å². The Balaban J connectivity index is 2.03. The van der Waals surface area contributed by atoms with Gasteiger partial charge in [0.15, 0.2) is 5.56 Å². The maximum Gasteiger partial charge on any atom is 0.343 e. The number of hydrogen-bond donors (Lipinski definition) is 1. The second-order valence-corrected chi connectivity index (χ2v) is 4.62. The number of carbonyl (C=O) groups is 1. The first-order valence-corrected chi connectivity index (χ1v) is 6.48. The summed E-state index contributed by atoms with van der Waals surface area (Å²) in [4.78, 5) is 13.3. The van der Waals surface area contributed by atoms with Crippen molar-refractivity contribution in [2.45, 2.75) is 0 Å². The third kappa shape index (κ3) is 2.59. The number of rotatable bonds is 3. The smallest absolute Gasteiger partial charge is 0.343 e. The summed E-state index contributed by atoms with van der Waals surface area (Å²) in [6, 6.07) is 5.46. The number of aromatic nitrogens is 1. The number of aromatic carboxylic acids is 1. The van der Waals surface area contributed by atoms with Gasteiger partial charge in [0.1, 0.15) is 11.5 Å².